The molecule has 0 aromatic rings. The fourth-order valence-electron chi connectivity index (χ4n) is 0.191. The number of phosphoric acid groups is 1. The molecule has 0 bridgehead atoms. The van der Waals surface area contributed by atoms with E-state index in [1.165, 1.54) is 6.42 Å². The summed E-state index contributed by atoms with van der Waals surface area (Å²) in [5.74, 6) is 0. The second-order valence-electron chi connectivity index (χ2n) is 1.81. The minimum Gasteiger partial charge on any atom is -0.297 e. The molecule has 11 heteroatoms. The molecule has 0 aliphatic rings. The summed E-state index contributed by atoms with van der Waals surface area (Å²) in [6, 6.07) is 0. The van der Waals surface area contributed by atoms with Crippen LogP contribution in [0.3, 0.4) is 0 Å². The van der Waals surface area contributed by atoms with E-state index in [1.807, 2.05) is 0 Å². The molecular weight excluding hydrogens is 257 g/mol. The first-order chi connectivity index (χ1) is 6.25. The van der Waals surface area contributed by atoms with Gasteiger partial charge in [-0.25, -0.2) is 4.57 Å². The van der Waals surface area contributed by atoms with Crippen LogP contribution in [-0.4, -0.2) is 14.7 Å². The van der Waals surface area contributed by atoms with Gasteiger partial charge in [-0.1, -0.05) is 20.3 Å². The van der Waals surface area contributed by atoms with E-state index in [0.29, 0.717) is 0 Å². The highest BCUT2D eigenvalue weighted by atomic mass is 31.3. The fraction of sp³-hybridized carbons (Fsp3) is 1.00. The molecule has 0 aliphatic heterocycles. The normalized spacial score (nSPS) is 16.1. The van der Waals surface area contributed by atoms with Crippen LogP contribution in [0.15, 0.2) is 0 Å². The second-order valence-corrected chi connectivity index (χ2v) is 5.01. The predicted molar refractivity (Wildman–Crippen MR) is 47.6 cm³/mol. The Kier molecular flexibility index (Phi) is 10.1. The van der Waals surface area contributed by atoms with E-state index >= 15 is 0 Å². The van der Waals surface area contributed by atoms with Gasteiger partial charge in [0.05, 0.1) is 0 Å². The summed E-state index contributed by atoms with van der Waals surface area (Å²) >= 11 is 0. The van der Waals surface area contributed by atoms with Crippen LogP contribution in [0.4, 0.5) is 0 Å². The van der Waals surface area contributed by atoms with Gasteiger partial charge in [0.2, 0.25) is 0 Å². The Morgan fingerprint density at radius 2 is 1.36 bits per heavy atom. The summed E-state index contributed by atoms with van der Waals surface area (Å²) in [5, 5.41) is 0. The third kappa shape index (κ3) is 14.7. The topological polar surface area (TPSA) is 130 Å². The largest absolute Gasteiger partial charge is 0.705 e. The Morgan fingerprint density at radius 1 is 1.14 bits per heavy atom. The van der Waals surface area contributed by atoms with Gasteiger partial charge in [0, 0.05) is 17.8 Å². The minimum atomic E-state index is -4.87. The molecule has 0 radical (unpaired) electrons. The van der Waals surface area contributed by atoms with Gasteiger partial charge in [0.15, 0.2) is 0 Å². The lowest BCUT2D eigenvalue weighted by Crippen LogP contribution is -1.81. The van der Waals surface area contributed by atoms with Crippen molar-refractivity contribution in [1.82, 2.24) is 0 Å². The average Bonchev–Trinajstić information content (AvgIpc) is 1.80. The van der Waals surface area contributed by atoms with E-state index in [-0.39, 0.29) is 0 Å². The van der Waals surface area contributed by atoms with Crippen molar-refractivity contribution in [1.29, 1.82) is 0 Å². The van der Waals surface area contributed by atoms with Gasteiger partial charge in [0.1, 0.15) is 0 Å². The molecule has 2 unspecified atom stereocenters. The third-order valence-electron chi connectivity index (χ3n) is 0.346. The standard InChI is InChI=1S/C3H8.HO8P3/c1-3-2;1-9(2)7-11(5,6)8-10(3)4/h3H2,1-2H3;(H-2,1,2,3,4,5,6)/p+2. The molecule has 2 atom stereocenters. The average molecular weight is 268 g/mol. The molecule has 0 spiro atoms. The quantitative estimate of drug-likeness (QED) is 0.658. The first-order valence-corrected chi connectivity index (χ1v) is 7.05. The van der Waals surface area contributed by atoms with Crippen LogP contribution in [0.2, 0.25) is 0 Å². The maximum Gasteiger partial charge on any atom is 0.705 e. The van der Waals surface area contributed by atoms with E-state index in [9.17, 15) is 13.7 Å². The Morgan fingerprint density at radius 3 is 1.50 bits per heavy atom. The van der Waals surface area contributed by atoms with Crippen molar-refractivity contribution in [2.75, 3.05) is 0 Å². The van der Waals surface area contributed by atoms with E-state index in [0.717, 1.165) is 0 Å². The van der Waals surface area contributed by atoms with Gasteiger partial charge < -0.3 is 0 Å². The van der Waals surface area contributed by atoms with Crippen molar-refractivity contribution in [3.8, 4) is 0 Å². The molecule has 84 valence electrons. The van der Waals surface area contributed by atoms with Gasteiger partial charge in [-0.05, 0) is 0 Å². The highest BCUT2D eigenvalue weighted by molar-refractivity contribution is 7.60. The first kappa shape index (κ1) is 16.7. The van der Waals surface area contributed by atoms with Crippen LogP contribution in [-0.2, 0) is 22.3 Å². The second kappa shape index (κ2) is 8.53. The summed E-state index contributed by atoms with van der Waals surface area (Å²) < 4.78 is 36.4. The lowest BCUT2D eigenvalue weighted by Gasteiger charge is -1.88. The minimum absolute atomic E-state index is 1.25. The van der Waals surface area contributed by atoms with Crippen LogP contribution >= 0.6 is 24.3 Å². The van der Waals surface area contributed by atoms with E-state index in [2.05, 4.69) is 22.5 Å². The molecule has 0 saturated heterocycles. The Bertz CT molecular complexity index is 218. The molecule has 0 fully saturated rings. The maximum atomic E-state index is 10.3. The first-order valence-electron chi connectivity index (χ1n) is 3.29. The van der Waals surface area contributed by atoms with Gasteiger partial charge >= 0.3 is 24.3 Å². The van der Waals surface area contributed by atoms with Crippen molar-refractivity contribution in [3.63, 3.8) is 0 Å². The molecule has 0 rings (SSSR count). The van der Waals surface area contributed by atoms with E-state index < -0.39 is 24.3 Å². The SMILES string of the molecule is CCC.O=[P+](O)OP(=O)(O)O[P+](=O)O. The molecule has 14 heavy (non-hydrogen) atoms. The van der Waals surface area contributed by atoms with Crippen LogP contribution in [0.5, 0.6) is 0 Å². The summed E-state index contributed by atoms with van der Waals surface area (Å²) in [5.41, 5.74) is 0. The van der Waals surface area contributed by atoms with Gasteiger partial charge in [-0.2, -0.15) is 0 Å². The summed E-state index contributed by atoms with van der Waals surface area (Å²) in [7, 11) is -11.6. The number of rotatable bonds is 4. The fourth-order valence-corrected chi connectivity index (χ4v) is 1.99. The van der Waals surface area contributed by atoms with Crippen molar-refractivity contribution in [2.24, 2.45) is 0 Å². The van der Waals surface area contributed by atoms with Crippen molar-refractivity contribution in [3.05, 3.63) is 0 Å². The summed E-state index contributed by atoms with van der Waals surface area (Å²) in [4.78, 5) is 24.1. The highest BCUT2D eigenvalue weighted by Gasteiger charge is 2.43. The van der Waals surface area contributed by atoms with Crippen LogP contribution in [0.25, 0.3) is 0 Å². The van der Waals surface area contributed by atoms with Crippen LogP contribution < -0.4 is 0 Å². The van der Waals surface area contributed by atoms with E-state index in [4.69, 9.17) is 14.7 Å². The Balaban J connectivity index is 0. The molecule has 0 aromatic heterocycles. The van der Waals surface area contributed by atoms with Gasteiger partial charge in [-0.3, -0.25) is 4.89 Å². The van der Waals surface area contributed by atoms with Crippen LogP contribution in [0, 0.1) is 0 Å². The smallest absolute Gasteiger partial charge is 0.297 e. The van der Waals surface area contributed by atoms with Gasteiger partial charge in [-0.15, -0.1) is 9.79 Å². The Labute approximate surface area is 82.4 Å². The molecule has 0 aromatic carbocycles. The van der Waals surface area contributed by atoms with Crippen molar-refractivity contribution < 1.29 is 37.0 Å². The number of hydrogen-bond acceptors (Lipinski definition) is 5. The number of hydrogen-bond donors (Lipinski definition) is 3. The summed E-state index contributed by atoms with van der Waals surface area (Å²) in [6.45, 7) is 4.25. The molecule has 8 nitrogen and oxygen atoms in total. The molecule has 0 aliphatic carbocycles. The highest BCUT2D eigenvalue weighted by Crippen LogP contribution is 2.55. The zero-order valence-electron chi connectivity index (χ0n) is 7.43. The molecule has 3 N–H and O–H groups in total. The van der Waals surface area contributed by atoms with E-state index in [1.54, 1.807) is 0 Å². The zero-order chi connectivity index (χ0) is 11.8. The molecular formula is C3H11O8P3+2. The Hall–Kier alpha value is 0.230. The zero-order valence-corrected chi connectivity index (χ0v) is 10.1. The third-order valence-corrected chi connectivity index (χ3v) is 3.11. The molecule has 0 heterocycles. The van der Waals surface area contributed by atoms with Crippen molar-refractivity contribution in [2.45, 2.75) is 20.3 Å². The monoisotopic (exact) mass is 268 g/mol. The molecule has 0 amide bonds. The van der Waals surface area contributed by atoms with Gasteiger partial charge in [0.25, 0.3) is 0 Å². The lowest BCUT2D eigenvalue weighted by molar-refractivity contribution is 0.271. The summed E-state index contributed by atoms with van der Waals surface area (Å²) in [6.07, 6.45) is 1.25. The molecule has 0 saturated carbocycles. The van der Waals surface area contributed by atoms with Crippen molar-refractivity contribution >= 4 is 24.3 Å². The predicted octanol–water partition coefficient (Wildman–Crippen LogP) is 1.84. The lowest BCUT2D eigenvalue weighted by atomic mass is 10.6. The van der Waals surface area contributed by atoms with Crippen LogP contribution in [0.1, 0.15) is 20.3 Å². The maximum absolute atomic E-state index is 10.3.